The smallest absolute Gasteiger partial charge is 0.253 e. The molecule has 1 saturated carbocycles. The van der Waals surface area contributed by atoms with Gasteiger partial charge in [0.15, 0.2) is 0 Å². The van der Waals surface area contributed by atoms with Crippen LogP contribution in [0.3, 0.4) is 0 Å². The Balaban J connectivity index is 1.42. The van der Waals surface area contributed by atoms with Gasteiger partial charge in [-0.2, -0.15) is 0 Å². The van der Waals surface area contributed by atoms with Crippen LogP contribution in [-0.2, 0) is 0 Å². The molecule has 2 heterocycles. The van der Waals surface area contributed by atoms with Crippen molar-refractivity contribution in [3.63, 3.8) is 0 Å². The van der Waals surface area contributed by atoms with Crippen LogP contribution in [0.25, 0.3) is 0 Å². The molecule has 1 atom stereocenters. The van der Waals surface area contributed by atoms with Crippen LogP contribution in [0, 0.1) is 11.3 Å². The van der Waals surface area contributed by atoms with E-state index < -0.39 is 0 Å². The van der Waals surface area contributed by atoms with Crippen molar-refractivity contribution in [2.24, 2.45) is 11.3 Å². The number of carbonyl (C=O) groups is 1. The van der Waals surface area contributed by atoms with Crippen LogP contribution in [0.15, 0.2) is 24.3 Å². The first-order valence-corrected chi connectivity index (χ1v) is 9.29. The summed E-state index contributed by atoms with van der Waals surface area (Å²) < 4.78 is 0. The van der Waals surface area contributed by atoms with Crippen LogP contribution < -0.4 is 0 Å². The standard InChI is InChI=1S/C19H25ClN2O/c20-17-4-1-3-16(11-17)18(23)22-10-8-19(14-22)7-2-9-21(13-19)12-15-5-6-15/h1,3-4,11,15H,2,5-10,12-14H2/t19-/m1/s1. The zero-order valence-electron chi connectivity index (χ0n) is 13.6. The molecule has 0 aromatic heterocycles. The van der Waals surface area contributed by atoms with Crippen LogP contribution in [0.4, 0.5) is 0 Å². The molecule has 0 unspecified atom stereocenters. The van der Waals surface area contributed by atoms with E-state index in [9.17, 15) is 4.79 Å². The van der Waals surface area contributed by atoms with Crippen LogP contribution in [0.1, 0.15) is 42.5 Å². The summed E-state index contributed by atoms with van der Waals surface area (Å²) in [5, 5.41) is 0.637. The fourth-order valence-electron chi connectivity index (χ4n) is 4.38. The van der Waals surface area contributed by atoms with Crippen LogP contribution >= 0.6 is 11.6 Å². The number of carbonyl (C=O) groups excluding carboxylic acids is 1. The summed E-state index contributed by atoms with van der Waals surface area (Å²) >= 11 is 6.03. The summed E-state index contributed by atoms with van der Waals surface area (Å²) in [5.41, 5.74) is 1.06. The highest BCUT2D eigenvalue weighted by atomic mass is 35.5. The molecule has 1 aromatic carbocycles. The Hall–Kier alpha value is -1.06. The van der Waals surface area contributed by atoms with Gasteiger partial charge in [-0.05, 0) is 62.8 Å². The second-order valence-electron chi connectivity index (χ2n) is 7.77. The Morgan fingerprint density at radius 3 is 2.87 bits per heavy atom. The largest absolute Gasteiger partial charge is 0.338 e. The average Bonchev–Trinajstić information content (AvgIpc) is 3.27. The lowest BCUT2D eigenvalue weighted by molar-refractivity contribution is 0.0681. The number of nitrogens with zero attached hydrogens (tertiary/aromatic N) is 2. The number of amides is 1. The predicted molar refractivity (Wildman–Crippen MR) is 92.8 cm³/mol. The molecular formula is C19H25ClN2O. The third kappa shape index (κ3) is 3.41. The molecule has 0 radical (unpaired) electrons. The van der Waals surface area contributed by atoms with Crippen LogP contribution in [-0.4, -0.2) is 48.4 Å². The van der Waals surface area contributed by atoms with E-state index >= 15 is 0 Å². The second-order valence-corrected chi connectivity index (χ2v) is 8.21. The number of rotatable bonds is 3. The van der Waals surface area contributed by atoms with Crippen molar-refractivity contribution < 1.29 is 4.79 Å². The molecule has 2 aliphatic heterocycles. The van der Waals surface area contributed by atoms with Gasteiger partial charge in [0, 0.05) is 42.2 Å². The molecule has 1 spiro atoms. The highest BCUT2D eigenvalue weighted by Gasteiger charge is 2.43. The normalized spacial score (nSPS) is 28.5. The van der Waals surface area contributed by atoms with E-state index in [0.29, 0.717) is 10.4 Å². The molecular weight excluding hydrogens is 308 g/mol. The molecule has 1 amide bonds. The van der Waals surface area contributed by atoms with Gasteiger partial charge in [0.25, 0.3) is 5.91 Å². The summed E-state index contributed by atoms with van der Waals surface area (Å²) in [6.07, 6.45) is 6.55. The van der Waals surface area contributed by atoms with Gasteiger partial charge in [0.05, 0.1) is 0 Å². The minimum Gasteiger partial charge on any atom is -0.338 e. The third-order valence-corrected chi connectivity index (χ3v) is 5.99. The SMILES string of the molecule is O=C(c1cccc(Cl)c1)N1CC[C@@]2(CCCN(CC3CC3)C2)C1. The first kappa shape index (κ1) is 15.5. The van der Waals surface area contributed by atoms with Crippen LogP contribution in [0.5, 0.6) is 0 Å². The first-order chi connectivity index (χ1) is 11.1. The summed E-state index contributed by atoms with van der Waals surface area (Å²) in [6, 6.07) is 7.34. The summed E-state index contributed by atoms with van der Waals surface area (Å²) in [7, 11) is 0. The van der Waals surface area contributed by atoms with Gasteiger partial charge >= 0.3 is 0 Å². The molecule has 124 valence electrons. The Bertz CT molecular complexity index is 601. The van der Waals surface area contributed by atoms with Gasteiger partial charge in [0.2, 0.25) is 0 Å². The number of hydrogen-bond donors (Lipinski definition) is 0. The van der Waals surface area contributed by atoms with Crippen molar-refractivity contribution in [3.05, 3.63) is 34.9 Å². The van der Waals surface area contributed by atoms with E-state index in [2.05, 4.69) is 4.90 Å². The van der Waals surface area contributed by atoms with Crippen molar-refractivity contribution in [2.45, 2.75) is 32.1 Å². The molecule has 3 fully saturated rings. The van der Waals surface area contributed by atoms with Gasteiger partial charge in [-0.1, -0.05) is 17.7 Å². The Morgan fingerprint density at radius 1 is 1.22 bits per heavy atom. The van der Waals surface area contributed by atoms with E-state index in [1.54, 1.807) is 6.07 Å². The lowest BCUT2D eigenvalue weighted by Gasteiger charge is -2.40. The van der Waals surface area contributed by atoms with Gasteiger partial charge in [-0.15, -0.1) is 0 Å². The molecule has 3 aliphatic rings. The Kier molecular flexibility index (Phi) is 4.10. The number of benzene rings is 1. The fraction of sp³-hybridized carbons (Fsp3) is 0.632. The van der Waals surface area contributed by atoms with E-state index in [0.717, 1.165) is 31.0 Å². The van der Waals surface area contributed by atoms with Gasteiger partial charge < -0.3 is 9.80 Å². The second kappa shape index (κ2) is 6.10. The monoisotopic (exact) mass is 332 g/mol. The maximum Gasteiger partial charge on any atom is 0.253 e. The molecule has 0 bridgehead atoms. The van der Waals surface area contributed by atoms with Crippen molar-refractivity contribution in [2.75, 3.05) is 32.7 Å². The third-order valence-electron chi connectivity index (χ3n) is 5.75. The Labute approximate surface area is 143 Å². The molecule has 2 saturated heterocycles. The van der Waals surface area contributed by atoms with Crippen molar-refractivity contribution in [1.29, 1.82) is 0 Å². The fourth-order valence-corrected chi connectivity index (χ4v) is 4.57. The lowest BCUT2D eigenvalue weighted by Crippen LogP contribution is -2.46. The van der Waals surface area contributed by atoms with Crippen molar-refractivity contribution >= 4 is 17.5 Å². The Morgan fingerprint density at radius 2 is 2.09 bits per heavy atom. The van der Waals surface area contributed by atoms with E-state index in [1.807, 2.05) is 23.1 Å². The first-order valence-electron chi connectivity index (χ1n) is 8.91. The lowest BCUT2D eigenvalue weighted by atomic mass is 9.79. The minimum atomic E-state index is 0.142. The molecule has 23 heavy (non-hydrogen) atoms. The number of hydrogen-bond acceptors (Lipinski definition) is 2. The zero-order valence-corrected chi connectivity index (χ0v) is 14.4. The van der Waals surface area contributed by atoms with E-state index in [4.69, 9.17) is 11.6 Å². The van der Waals surface area contributed by atoms with Crippen molar-refractivity contribution in [1.82, 2.24) is 9.80 Å². The van der Waals surface area contributed by atoms with Gasteiger partial charge in [0.1, 0.15) is 0 Å². The predicted octanol–water partition coefficient (Wildman–Crippen LogP) is 3.68. The van der Waals surface area contributed by atoms with Crippen LogP contribution in [0.2, 0.25) is 5.02 Å². The highest BCUT2D eigenvalue weighted by molar-refractivity contribution is 6.30. The maximum atomic E-state index is 12.7. The zero-order chi connectivity index (χ0) is 15.9. The topological polar surface area (TPSA) is 23.6 Å². The molecule has 3 nitrogen and oxygen atoms in total. The molecule has 1 aliphatic carbocycles. The van der Waals surface area contributed by atoms with Crippen molar-refractivity contribution in [3.8, 4) is 0 Å². The number of halogens is 1. The molecule has 4 heteroatoms. The minimum absolute atomic E-state index is 0.142. The maximum absolute atomic E-state index is 12.7. The summed E-state index contributed by atoms with van der Waals surface area (Å²) in [4.78, 5) is 17.5. The van der Waals surface area contributed by atoms with Gasteiger partial charge in [-0.25, -0.2) is 0 Å². The summed E-state index contributed by atoms with van der Waals surface area (Å²) in [5.74, 6) is 1.10. The van der Waals surface area contributed by atoms with Gasteiger partial charge in [-0.3, -0.25) is 4.79 Å². The summed E-state index contributed by atoms with van der Waals surface area (Å²) in [6.45, 7) is 5.52. The molecule has 0 N–H and O–H groups in total. The number of likely N-dealkylation sites (tertiary alicyclic amines) is 2. The molecule has 4 rings (SSSR count). The van der Waals surface area contributed by atoms with E-state index in [1.165, 1.54) is 45.3 Å². The average molecular weight is 333 g/mol. The number of piperidine rings is 1. The van der Waals surface area contributed by atoms with E-state index in [-0.39, 0.29) is 5.91 Å². The quantitative estimate of drug-likeness (QED) is 0.843. The highest BCUT2D eigenvalue weighted by Crippen LogP contribution is 2.41. The molecule has 1 aromatic rings.